The fraction of sp³-hybridized carbons (Fsp3) is 0.600. The first-order valence-corrected chi connectivity index (χ1v) is 6.74. The molecule has 0 heterocycles. The Balaban J connectivity index is 1.68. The van der Waals surface area contributed by atoms with Gasteiger partial charge < -0.3 is 11.1 Å². The zero-order valence-corrected chi connectivity index (χ0v) is 10.6. The first kappa shape index (κ1) is 11.2. The zero-order valence-electron chi connectivity index (χ0n) is 10.6. The minimum atomic E-state index is 0.131. The highest BCUT2D eigenvalue weighted by Crippen LogP contribution is 2.38. The maximum atomic E-state index is 6.03. The van der Waals surface area contributed by atoms with Crippen LogP contribution in [0.2, 0.25) is 0 Å². The van der Waals surface area contributed by atoms with Crippen molar-refractivity contribution in [1.82, 2.24) is 5.32 Å². The maximum Gasteiger partial charge on any atom is 0.0385 e. The van der Waals surface area contributed by atoms with Crippen LogP contribution < -0.4 is 11.1 Å². The summed E-state index contributed by atoms with van der Waals surface area (Å²) in [6, 6.07) is 8.76. The van der Waals surface area contributed by atoms with Crippen molar-refractivity contribution in [2.75, 3.05) is 13.1 Å². The van der Waals surface area contributed by atoms with Crippen molar-refractivity contribution in [3.8, 4) is 0 Å². The quantitative estimate of drug-likeness (QED) is 0.826. The van der Waals surface area contributed by atoms with E-state index < -0.39 is 0 Å². The monoisotopic (exact) mass is 230 g/mol. The summed E-state index contributed by atoms with van der Waals surface area (Å²) < 4.78 is 0. The summed E-state index contributed by atoms with van der Waals surface area (Å²) in [6.45, 7) is 4.22. The van der Waals surface area contributed by atoms with Gasteiger partial charge in [-0.25, -0.2) is 0 Å². The van der Waals surface area contributed by atoms with Gasteiger partial charge in [0.15, 0.2) is 0 Å². The fourth-order valence-electron chi connectivity index (χ4n) is 3.07. The van der Waals surface area contributed by atoms with Crippen molar-refractivity contribution in [2.45, 2.75) is 31.7 Å². The number of nitrogens with two attached hydrogens (primary N) is 1. The molecule has 0 amide bonds. The average molecular weight is 230 g/mol. The summed E-state index contributed by atoms with van der Waals surface area (Å²) >= 11 is 0. The lowest BCUT2D eigenvalue weighted by Crippen LogP contribution is -2.52. The van der Waals surface area contributed by atoms with Gasteiger partial charge in [-0.1, -0.05) is 31.2 Å². The second kappa shape index (κ2) is 4.11. The Morgan fingerprint density at radius 2 is 1.88 bits per heavy atom. The van der Waals surface area contributed by atoms with Crippen molar-refractivity contribution < 1.29 is 0 Å². The van der Waals surface area contributed by atoms with Crippen LogP contribution in [0, 0.1) is 11.8 Å². The number of hydrogen-bond donors (Lipinski definition) is 2. The van der Waals surface area contributed by atoms with Crippen LogP contribution >= 0.6 is 0 Å². The van der Waals surface area contributed by atoms with E-state index in [0.717, 1.165) is 37.8 Å². The van der Waals surface area contributed by atoms with E-state index in [2.05, 4.69) is 36.5 Å². The zero-order chi connectivity index (χ0) is 11.9. The topological polar surface area (TPSA) is 38.0 Å². The SMILES string of the molecule is CC1CC1CNC1(CN)Cc2ccccc2C1. The predicted octanol–water partition coefficient (Wildman–Crippen LogP) is 1.73. The largest absolute Gasteiger partial charge is 0.329 e. The molecule has 0 spiro atoms. The number of nitrogens with one attached hydrogen (secondary N) is 1. The summed E-state index contributed by atoms with van der Waals surface area (Å²) in [5.41, 5.74) is 9.12. The number of benzene rings is 1. The standard InChI is InChI=1S/C15H22N2/c1-11-6-14(11)9-17-15(10-16)7-12-4-2-3-5-13(12)8-15/h2-5,11,14,17H,6-10,16H2,1H3. The lowest BCUT2D eigenvalue weighted by molar-refractivity contribution is 0.339. The van der Waals surface area contributed by atoms with Crippen molar-refractivity contribution in [2.24, 2.45) is 17.6 Å². The van der Waals surface area contributed by atoms with Gasteiger partial charge in [0.2, 0.25) is 0 Å². The van der Waals surface area contributed by atoms with E-state index in [1.165, 1.54) is 17.5 Å². The highest BCUT2D eigenvalue weighted by molar-refractivity contribution is 5.36. The molecule has 1 fully saturated rings. The molecule has 0 aromatic heterocycles. The van der Waals surface area contributed by atoms with Crippen LogP contribution in [0.5, 0.6) is 0 Å². The number of hydrogen-bond acceptors (Lipinski definition) is 2. The van der Waals surface area contributed by atoms with Crippen LogP contribution in [-0.4, -0.2) is 18.6 Å². The van der Waals surface area contributed by atoms with E-state index in [9.17, 15) is 0 Å². The summed E-state index contributed by atoms with van der Waals surface area (Å²) in [6.07, 6.45) is 3.59. The van der Waals surface area contributed by atoms with Gasteiger partial charge in [0.1, 0.15) is 0 Å². The normalized spacial score (nSPS) is 29.1. The molecule has 92 valence electrons. The van der Waals surface area contributed by atoms with Crippen molar-refractivity contribution in [1.29, 1.82) is 0 Å². The minimum absolute atomic E-state index is 0.131. The number of rotatable bonds is 4. The Hall–Kier alpha value is -0.860. The van der Waals surface area contributed by atoms with E-state index in [0.29, 0.717) is 0 Å². The van der Waals surface area contributed by atoms with Gasteiger partial charge in [-0.3, -0.25) is 0 Å². The Morgan fingerprint density at radius 3 is 2.35 bits per heavy atom. The molecule has 2 heteroatoms. The molecule has 1 aromatic rings. The Bertz CT molecular complexity index is 388. The van der Waals surface area contributed by atoms with Crippen LogP contribution in [0.25, 0.3) is 0 Å². The van der Waals surface area contributed by atoms with E-state index in [1.807, 2.05) is 0 Å². The van der Waals surface area contributed by atoms with Crippen LogP contribution in [0.15, 0.2) is 24.3 Å². The molecule has 3 N–H and O–H groups in total. The lowest BCUT2D eigenvalue weighted by Gasteiger charge is -2.29. The second-order valence-corrected chi connectivity index (χ2v) is 5.96. The molecule has 0 aliphatic heterocycles. The third-order valence-corrected chi connectivity index (χ3v) is 4.58. The van der Waals surface area contributed by atoms with E-state index in [-0.39, 0.29) is 5.54 Å². The highest BCUT2D eigenvalue weighted by atomic mass is 15.0. The summed E-state index contributed by atoms with van der Waals surface area (Å²) in [5, 5.41) is 3.76. The molecule has 1 saturated carbocycles. The molecule has 1 aromatic carbocycles. The second-order valence-electron chi connectivity index (χ2n) is 5.96. The molecule has 2 nitrogen and oxygen atoms in total. The fourth-order valence-corrected chi connectivity index (χ4v) is 3.07. The highest BCUT2D eigenvalue weighted by Gasteiger charge is 2.39. The minimum Gasteiger partial charge on any atom is -0.329 e. The summed E-state index contributed by atoms with van der Waals surface area (Å²) in [4.78, 5) is 0. The van der Waals surface area contributed by atoms with Crippen LogP contribution in [0.4, 0.5) is 0 Å². The van der Waals surface area contributed by atoms with Gasteiger partial charge >= 0.3 is 0 Å². The average Bonchev–Trinajstić information content (AvgIpc) is 2.92. The van der Waals surface area contributed by atoms with Gasteiger partial charge in [0.25, 0.3) is 0 Å². The van der Waals surface area contributed by atoms with E-state index in [1.54, 1.807) is 0 Å². The van der Waals surface area contributed by atoms with Crippen LogP contribution in [0.1, 0.15) is 24.5 Å². The molecule has 2 atom stereocenters. The van der Waals surface area contributed by atoms with Crippen LogP contribution in [-0.2, 0) is 12.8 Å². The van der Waals surface area contributed by atoms with Gasteiger partial charge in [-0.15, -0.1) is 0 Å². The molecule has 0 saturated heterocycles. The smallest absolute Gasteiger partial charge is 0.0385 e. The molecule has 2 unspecified atom stereocenters. The van der Waals surface area contributed by atoms with Crippen LogP contribution in [0.3, 0.4) is 0 Å². The molecule has 2 aliphatic rings. The van der Waals surface area contributed by atoms with Crippen molar-refractivity contribution in [3.05, 3.63) is 35.4 Å². The molecule has 0 radical (unpaired) electrons. The molecule has 2 aliphatic carbocycles. The molecule has 17 heavy (non-hydrogen) atoms. The summed E-state index contributed by atoms with van der Waals surface area (Å²) in [7, 11) is 0. The maximum absolute atomic E-state index is 6.03. The van der Waals surface area contributed by atoms with Gasteiger partial charge in [0, 0.05) is 12.1 Å². The first-order valence-electron chi connectivity index (χ1n) is 6.74. The van der Waals surface area contributed by atoms with Gasteiger partial charge in [-0.05, 0) is 48.8 Å². The third kappa shape index (κ3) is 2.12. The Morgan fingerprint density at radius 1 is 1.29 bits per heavy atom. The Kier molecular flexibility index (Phi) is 2.72. The van der Waals surface area contributed by atoms with Gasteiger partial charge in [0.05, 0.1) is 0 Å². The predicted molar refractivity (Wildman–Crippen MR) is 70.9 cm³/mol. The van der Waals surface area contributed by atoms with E-state index in [4.69, 9.17) is 5.73 Å². The lowest BCUT2D eigenvalue weighted by atomic mass is 9.95. The molecule has 3 rings (SSSR count). The third-order valence-electron chi connectivity index (χ3n) is 4.58. The molecular weight excluding hydrogens is 208 g/mol. The van der Waals surface area contributed by atoms with Crippen molar-refractivity contribution in [3.63, 3.8) is 0 Å². The first-order chi connectivity index (χ1) is 8.22. The van der Waals surface area contributed by atoms with E-state index >= 15 is 0 Å². The van der Waals surface area contributed by atoms with Crippen molar-refractivity contribution >= 4 is 0 Å². The Labute approximate surface area is 104 Å². The van der Waals surface area contributed by atoms with Gasteiger partial charge in [-0.2, -0.15) is 0 Å². The summed E-state index contributed by atoms with van der Waals surface area (Å²) in [5.74, 6) is 1.81. The number of fused-ring (bicyclic) bond motifs is 1. The molecular formula is C15H22N2. The molecule has 0 bridgehead atoms.